The van der Waals surface area contributed by atoms with E-state index in [1.165, 1.54) is 43.5 Å². The molecule has 2 heterocycles. The number of hydrogen-bond acceptors (Lipinski definition) is 3. The molecule has 1 unspecified atom stereocenters. The Morgan fingerprint density at radius 1 is 1.22 bits per heavy atom. The zero-order valence-corrected chi connectivity index (χ0v) is 19.3. The van der Waals surface area contributed by atoms with Gasteiger partial charge < -0.3 is 19.9 Å². The Bertz CT molecular complexity index is 602. The number of benzene rings is 1. The lowest BCUT2D eigenvalue weighted by atomic mass is 9.94. The number of piperidine rings is 1. The Hall–Kier alpha value is -0.860. The number of ether oxygens (including phenoxy) is 1. The van der Waals surface area contributed by atoms with Crippen molar-refractivity contribution in [2.75, 3.05) is 53.4 Å². The van der Waals surface area contributed by atoms with Crippen LogP contribution in [0.5, 0.6) is 0 Å². The molecule has 2 aliphatic heterocycles. The van der Waals surface area contributed by atoms with Crippen molar-refractivity contribution in [3.63, 3.8) is 0 Å². The van der Waals surface area contributed by atoms with Crippen molar-refractivity contribution in [2.24, 2.45) is 10.9 Å². The van der Waals surface area contributed by atoms with Crippen LogP contribution in [0.2, 0.25) is 0 Å². The molecule has 1 atom stereocenters. The number of rotatable bonds is 4. The van der Waals surface area contributed by atoms with Crippen LogP contribution in [0, 0.1) is 12.8 Å². The molecule has 0 amide bonds. The largest absolute Gasteiger partial charge is 0.370 e. The Morgan fingerprint density at radius 3 is 2.67 bits per heavy atom. The van der Waals surface area contributed by atoms with E-state index in [9.17, 15) is 0 Å². The maximum atomic E-state index is 6.05. The number of halogens is 1. The van der Waals surface area contributed by atoms with Crippen molar-refractivity contribution in [1.29, 1.82) is 0 Å². The lowest BCUT2D eigenvalue weighted by Crippen LogP contribution is -2.48. The summed E-state index contributed by atoms with van der Waals surface area (Å²) in [5, 5.41) is 3.59. The van der Waals surface area contributed by atoms with E-state index in [4.69, 9.17) is 4.74 Å². The molecule has 0 radical (unpaired) electrons. The highest BCUT2D eigenvalue weighted by Crippen LogP contribution is 2.25. The number of likely N-dealkylation sites (tertiary alicyclic amines) is 1. The van der Waals surface area contributed by atoms with E-state index in [0.717, 1.165) is 38.1 Å². The molecular formula is C21H35IN4O. The van der Waals surface area contributed by atoms with Crippen molar-refractivity contribution in [2.45, 2.75) is 32.3 Å². The van der Waals surface area contributed by atoms with E-state index in [1.54, 1.807) is 0 Å². The first-order valence-electron chi connectivity index (χ1n) is 9.98. The molecule has 0 aromatic heterocycles. The number of hydrogen-bond donors (Lipinski definition) is 1. The van der Waals surface area contributed by atoms with Crippen molar-refractivity contribution in [3.05, 3.63) is 35.4 Å². The van der Waals surface area contributed by atoms with Crippen LogP contribution in [0.3, 0.4) is 0 Å². The molecule has 5 nitrogen and oxygen atoms in total. The molecule has 2 fully saturated rings. The fourth-order valence-corrected chi connectivity index (χ4v) is 4.05. The van der Waals surface area contributed by atoms with E-state index >= 15 is 0 Å². The predicted molar refractivity (Wildman–Crippen MR) is 123 cm³/mol. The number of guanidine groups is 1. The van der Waals surface area contributed by atoms with E-state index in [-0.39, 0.29) is 30.1 Å². The monoisotopic (exact) mass is 486 g/mol. The van der Waals surface area contributed by atoms with Gasteiger partial charge in [-0.3, -0.25) is 4.99 Å². The van der Waals surface area contributed by atoms with E-state index in [0.29, 0.717) is 0 Å². The summed E-state index contributed by atoms with van der Waals surface area (Å²) in [6, 6.07) is 8.52. The quantitative estimate of drug-likeness (QED) is 0.403. The summed E-state index contributed by atoms with van der Waals surface area (Å²) in [6.45, 7) is 8.14. The van der Waals surface area contributed by atoms with Crippen LogP contribution in [-0.2, 0) is 4.74 Å². The summed E-state index contributed by atoms with van der Waals surface area (Å²) in [5.41, 5.74) is 2.59. The van der Waals surface area contributed by atoms with Crippen LogP contribution in [0.4, 0.5) is 0 Å². The highest BCUT2D eigenvalue weighted by molar-refractivity contribution is 14.0. The molecule has 152 valence electrons. The van der Waals surface area contributed by atoms with Gasteiger partial charge in [-0.1, -0.05) is 24.3 Å². The number of aliphatic imine (C=N–C) groups is 1. The highest BCUT2D eigenvalue weighted by Gasteiger charge is 2.25. The summed E-state index contributed by atoms with van der Waals surface area (Å²) >= 11 is 0. The molecular weight excluding hydrogens is 451 g/mol. The maximum Gasteiger partial charge on any atom is 0.193 e. The third kappa shape index (κ3) is 6.32. The molecule has 0 aliphatic carbocycles. The molecule has 2 aliphatic rings. The topological polar surface area (TPSA) is 40.1 Å². The van der Waals surface area contributed by atoms with Gasteiger partial charge in [0.05, 0.1) is 13.2 Å². The SMILES string of the molecule is CN=C(NCCC1CCN(C)CC1)N1CCOC(c2ccccc2C)C1.I. The number of morpholine rings is 1. The Morgan fingerprint density at radius 2 is 1.96 bits per heavy atom. The van der Waals surface area contributed by atoms with Gasteiger partial charge in [0.25, 0.3) is 0 Å². The van der Waals surface area contributed by atoms with Gasteiger partial charge in [-0.05, 0) is 63.4 Å². The molecule has 2 saturated heterocycles. The molecule has 0 saturated carbocycles. The number of aryl methyl sites for hydroxylation is 1. The van der Waals surface area contributed by atoms with E-state index in [2.05, 4.69) is 58.3 Å². The van der Waals surface area contributed by atoms with Crippen molar-refractivity contribution in [3.8, 4) is 0 Å². The first-order valence-corrected chi connectivity index (χ1v) is 9.98. The van der Waals surface area contributed by atoms with Gasteiger partial charge in [0.2, 0.25) is 0 Å². The van der Waals surface area contributed by atoms with Crippen molar-refractivity contribution >= 4 is 29.9 Å². The summed E-state index contributed by atoms with van der Waals surface area (Å²) in [4.78, 5) is 9.30. The maximum absolute atomic E-state index is 6.05. The van der Waals surface area contributed by atoms with Crippen LogP contribution in [0.1, 0.15) is 36.5 Å². The third-order valence-electron chi connectivity index (χ3n) is 5.79. The van der Waals surface area contributed by atoms with Gasteiger partial charge in [-0.2, -0.15) is 0 Å². The average molecular weight is 486 g/mol. The normalized spacial score (nSPS) is 22.4. The lowest BCUT2D eigenvalue weighted by Gasteiger charge is -2.36. The molecule has 0 spiro atoms. The van der Waals surface area contributed by atoms with E-state index < -0.39 is 0 Å². The standard InChI is InChI=1S/C21H34N4O.HI/c1-17-6-4-5-7-19(17)20-16-25(14-15-26-20)21(22-2)23-11-8-18-9-12-24(3)13-10-18;/h4-7,18,20H,8-16H2,1-3H3,(H,22,23);1H. The van der Waals surface area contributed by atoms with Gasteiger partial charge in [-0.25, -0.2) is 0 Å². The van der Waals surface area contributed by atoms with E-state index in [1.807, 2.05) is 7.05 Å². The minimum atomic E-state index is 0. The first-order chi connectivity index (χ1) is 12.7. The molecule has 1 aromatic carbocycles. The Labute approximate surface area is 181 Å². The fraction of sp³-hybridized carbons (Fsp3) is 0.667. The first kappa shape index (κ1) is 22.4. The lowest BCUT2D eigenvalue weighted by molar-refractivity contribution is -0.00833. The second kappa shape index (κ2) is 11.2. The van der Waals surface area contributed by atoms with Crippen LogP contribution in [0.25, 0.3) is 0 Å². The van der Waals surface area contributed by atoms with Gasteiger partial charge in [0.15, 0.2) is 5.96 Å². The molecule has 1 aromatic rings. The van der Waals surface area contributed by atoms with Crippen LogP contribution in [0.15, 0.2) is 29.3 Å². The summed E-state index contributed by atoms with van der Waals surface area (Å²) in [6.07, 6.45) is 4.00. The van der Waals surface area contributed by atoms with Crippen molar-refractivity contribution < 1.29 is 4.74 Å². The van der Waals surface area contributed by atoms with Crippen LogP contribution < -0.4 is 5.32 Å². The minimum Gasteiger partial charge on any atom is -0.370 e. The fourth-order valence-electron chi connectivity index (χ4n) is 4.05. The third-order valence-corrected chi connectivity index (χ3v) is 5.79. The smallest absolute Gasteiger partial charge is 0.193 e. The number of nitrogens with zero attached hydrogens (tertiary/aromatic N) is 3. The van der Waals surface area contributed by atoms with Crippen LogP contribution in [-0.4, -0.2) is 69.2 Å². The van der Waals surface area contributed by atoms with Gasteiger partial charge in [0, 0.05) is 20.1 Å². The second-order valence-electron chi connectivity index (χ2n) is 7.67. The average Bonchev–Trinajstić information content (AvgIpc) is 2.67. The number of nitrogens with one attached hydrogen (secondary N) is 1. The minimum absolute atomic E-state index is 0. The second-order valence-corrected chi connectivity index (χ2v) is 7.67. The zero-order valence-electron chi connectivity index (χ0n) is 17.0. The van der Waals surface area contributed by atoms with Gasteiger partial charge in [-0.15, -0.1) is 24.0 Å². The summed E-state index contributed by atoms with van der Waals surface area (Å²) < 4.78 is 6.05. The van der Waals surface area contributed by atoms with Gasteiger partial charge >= 0.3 is 0 Å². The highest BCUT2D eigenvalue weighted by atomic mass is 127. The van der Waals surface area contributed by atoms with Crippen molar-refractivity contribution in [1.82, 2.24) is 15.1 Å². The van der Waals surface area contributed by atoms with Crippen LogP contribution >= 0.6 is 24.0 Å². The molecule has 6 heteroatoms. The Balaban J connectivity index is 0.00000261. The predicted octanol–water partition coefficient (Wildman–Crippen LogP) is 3.29. The summed E-state index contributed by atoms with van der Waals surface area (Å²) in [5.74, 6) is 1.86. The molecule has 0 bridgehead atoms. The summed E-state index contributed by atoms with van der Waals surface area (Å²) in [7, 11) is 4.11. The zero-order chi connectivity index (χ0) is 18.4. The molecule has 27 heavy (non-hydrogen) atoms. The Kier molecular flexibility index (Phi) is 9.32. The molecule has 1 N–H and O–H groups in total. The van der Waals surface area contributed by atoms with Gasteiger partial charge in [0.1, 0.15) is 6.10 Å². The molecule has 3 rings (SSSR count).